The van der Waals surface area contributed by atoms with Gasteiger partial charge in [-0.25, -0.2) is 4.98 Å². The van der Waals surface area contributed by atoms with Gasteiger partial charge in [0.1, 0.15) is 5.82 Å². The highest BCUT2D eigenvalue weighted by Crippen LogP contribution is 2.28. The number of nitrogens with one attached hydrogen (secondary N) is 1. The van der Waals surface area contributed by atoms with E-state index in [4.69, 9.17) is 0 Å². The van der Waals surface area contributed by atoms with Crippen molar-refractivity contribution in [3.63, 3.8) is 0 Å². The van der Waals surface area contributed by atoms with E-state index < -0.39 is 0 Å². The monoisotopic (exact) mass is 284 g/mol. The average Bonchev–Trinajstić information content (AvgIpc) is 3.13. The lowest BCUT2D eigenvalue weighted by Gasteiger charge is -2.32. The molecule has 5 heteroatoms. The summed E-state index contributed by atoms with van der Waals surface area (Å²) in [5.41, 5.74) is 0. The Kier molecular flexibility index (Phi) is 5.25. The third-order valence-corrected chi connectivity index (χ3v) is 4.27. The van der Waals surface area contributed by atoms with Gasteiger partial charge in [0.15, 0.2) is 0 Å². The minimum Gasteiger partial charge on any atom is -0.337 e. The summed E-state index contributed by atoms with van der Waals surface area (Å²) in [6, 6.07) is 0.753. The number of hydrogen-bond donors (Lipinski definition) is 1. The van der Waals surface area contributed by atoms with Crippen LogP contribution in [0.25, 0.3) is 0 Å². The first-order valence-corrected chi connectivity index (χ1v) is 7.23. The van der Waals surface area contributed by atoms with Gasteiger partial charge in [0.05, 0.1) is 6.54 Å². The third-order valence-electron chi connectivity index (χ3n) is 4.27. The van der Waals surface area contributed by atoms with Crippen molar-refractivity contribution in [3.8, 4) is 0 Å². The molecule has 0 amide bonds. The summed E-state index contributed by atoms with van der Waals surface area (Å²) in [4.78, 5) is 6.93. The standard InChI is InChI=1S/C14H24N4.ClH/c1-17-9-6-15-14(17)11-18-7-4-13(5-8-18)16-10-12-2-3-12;/h6,9,12-13,16H,2-5,7-8,10-11H2,1H3;1H. The summed E-state index contributed by atoms with van der Waals surface area (Å²) in [6.45, 7) is 4.66. The Morgan fingerprint density at radius 3 is 2.58 bits per heavy atom. The third kappa shape index (κ3) is 4.20. The number of aryl methyl sites for hydroxylation is 1. The Hall–Kier alpha value is -0.580. The molecule has 1 aliphatic carbocycles. The minimum atomic E-state index is 0. The molecule has 0 spiro atoms. The van der Waals surface area contributed by atoms with Crippen LogP contribution in [0.5, 0.6) is 0 Å². The molecule has 19 heavy (non-hydrogen) atoms. The maximum Gasteiger partial charge on any atom is 0.122 e. The van der Waals surface area contributed by atoms with Gasteiger partial charge in [0, 0.05) is 38.6 Å². The maximum absolute atomic E-state index is 4.40. The normalized spacial score (nSPS) is 21.3. The quantitative estimate of drug-likeness (QED) is 0.895. The lowest BCUT2D eigenvalue weighted by Crippen LogP contribution is -2.43. The molecular weight excluding hydrogens is 260 g/mol. The largest absolute Gasteiger partial charge is 0.337 e. The topological polar surface area (TPSA) is 33.1 Å². The van der Waals surface area contributed by atoms with Crippen molar-refractivity contribution < 1.29 is 0 Å². The first-order valence-electron chi connectivity index (χ1n) is 7.23. The van der Waals surface area contributed by atoms with Crippen molar-refractivity contribution >= 4 is 12.4 Å². The highest BCUT2D eigenvalue weighted by Gasteiger charge is 2.24. The van der Waals surface area contributed by atoms with Gasteiger partial charge in [-0.2, -0.15) is 0 Å². The molecule has 0 aromatic carbocycles. The van der Waals surface area contributed by atoms with E-state index in [9.17, 15) is 0 Å². The molecule has 1 saturated carbocycles. The molecule has 0 unspecified atom stereocenters. The van der Waals surface area contributed by atoms with Gasteiger partial charge >= 0.3 is 0 Å². The second kappa shape index (κ2) is 6.73. The molecule has 3 rings (SSSR count). The molecule has 1 aromatic rings. The molecule has 1 N–H and O–H groups in total. The van der Waals surface area contributed by atoms with Crippen LogP contribution in [-0.2, 0) is 13.6 Å². The molecule has 0 radical (unpaired) electrons. The van der Waals surface area contributed by atoms with Crippen molar-refractivity contribution in [1.82, 2.24) is 19.8 Å². The van der Waals surface area contributed by atoms with Crippen LogP contribution in [0, 0.1) is 5.92 Å². The van der Waals surface area contributed by atoms with E-state index in [1.54, 1.807) is 0 Å². The number of aromatic nitrogens is 2. The van der Waals surface area contributed by atoms with Crippen LogP contribution in [-0.4, -0.2) is 40.1 Å². The van der Waals surface area contributed by atoms with Crippen LogP contribution < -0.4 is 5.32 Å². The predicted octanol–water partition coefficient (Wildman–Crippen LogP) is 1.81. The van der Waals surface area contributed by atoms with Gasteiger partial charge in [-0.05, 0) is 38.1 Å². The highest BCUT2D eigenvalue weighted by molar-refractivity contribution is 5.85. The molecule has 1 saturated heterocycles. The first-order chi connectivity index (χ1) is 8.81. The zero-order chi connectivity index (χ0) is 12.4. The summed E-state index contributed by atoms with van der Waals surface area (Å²) in [5.74, 6) is 2.18. The Bertz CT molecular complexity index is 381. The van der Waals surface area contributed by atoms with Gasteiger partial charge in [0.25, 0.3) is 0 Å². The zero-order valence-electron chi connectivity index (χ0n) is 11.7. The number of rotatable bonds is 5. The average molecular weight is 285 g/mol. The number of imidazole rings is 1. The second-order valence-corrected chi connectivity index (χ2v) is 5.86. The van der Waals surface area contributed by atoms with Crippen LogP contribution in [0.15, 0.2) is 12.4 Å². The van der Waals surface area contributed by atoms with E-state index in [0.29, 0.717) is 0 Å². The van der Waals surface area contributed by atoms with Crippen molar-refractivity contribution in [3.05, 3.63) is 18.2 Å². The SMILES string of the molecule is Cl.Cn1ccnc1CN1CCC(NCC2CC2)CC1. The zero-order valence-corrected chi connectivity index (χ0v) is 12.5. The Labute approximate surface area is 122 Å². The van der Waals surface area contributed by atoms with Gasteiger partial charge < -0.3 is 9.88 Å². The van der Waals surface area contributed by atoms with Crippen LogP contribution in [0.1, 0.15) is 31.5 Å². The molecule has 4 nitrogen and oxygen atoms in total. The molecule has 2 fully saturated rings. The van der Waals surface area contributed by atoms with E-state index in [2.05, 4.69) is 26.8 Å². The van der Waals surface area contributed by atoms with Gasteiger partial charge in [-0.1, -0.05) is 0 Å². The smallest absolute Gasteiger partial charge is 0.122 e. The van der Waals surface area contributed by atoms with E-state index >= 15 is 0 Å². The van der Waals surface area contributed by atoms with Crippen LogP contribution in [0.4, 0.5) is 0 Å². The van der Waals surface area contributed by atoms with Gasteiger partial charge in [-0.15, -0.1) is 12.4 Å². The first kappa shape index (κ1) is 14.8. The fourth-order valence-electron chi connectivity index (χ4n) is 2.70. The fraction of sp³-hybridized carbons (Fsp3) is 0.786. The van der Waals surface area contributed by atoms with Crippen LogP contribution in [0.2, 0.25) is 0 Å². The second-order valence-electron chi connectivity index (χ2n) is 5.86. The fourth-order valence-corrected chi connectivity index (χ4v) is 2.70. The van der Waals surface area contributed by atoms with E-state index in [1.165, 1.54) is 51.1 Å². The number of likely N-dealkylation sites (tertiary alicyclic amines) is 1. The van der Waals surface area contributed by atoms with Crippen LogP contribution in [0.3, 0.4) is 0 Å². The number of piperidine rings is 1. The van der Waals surface area contributed by atoms with E-state index in [1.807, 2.05) is 12.4 Å². The number of hydrogen-bond acceptors (Lipinski definition) is 3. The maximum atomic E-state index is 4.40. The molecular formula is C14H25ClN4. The molecule has 1 aromatic heterocycles. The highest BCUT2D eigenvalue weighted by atomic mass is 35.5. The molecule has 1 aliphatic heterocycles. The number of nitrogens with zero attached hydrogens (tertiary/aromatic N) is 3. The number of halogens is 1. The van der Waals surface area contributed by atoms with E-state index in [0.717, 1.165) is 18.5 Å². The van der Waals surface area contributed by atoms with Crippen molar-refractivity contribution in [2.45, 2.75) is 38.3 Å². The molecule has 2 heterocycles. The molecule has 0 atom stereocenters. The minimum absolute atomic E-state index is 0. The summed E-state index contributed by atoms with van der Waals surface area (Å²) >= 11 is 0. The van der Waals surface area contributed by atoms with Crippen molar-refractivity contribution in [2.24, 2.45) is 13.0 Å². The molecule has 2 aliphatic rings. The Morgan fingerprint density at radius 2 is 2.00 bits per heavy atom. The molecule has 0 bridgehead atoms. The van der Waals surface area contributed by atoms with Crippen molar-refractivity contribution in [1.29, 1.82) is 0 Å². The summed E-state index contributed by atoms with van der Waals surface area (Å²) in [7, 11) is 2.08. The molecule has 108 valence electrons. The van der Waals surface area contributed by atoms with Crippen LogP contribution >= 0.6 is 12.4 Å². The summed E-state index contributed by atoms with van der Waals surface area (Å²) in [6.07, 6.45) is 9.39. The Balaban J connectivity index is 0.00000133. The van der Waals surface area contributed by atoms with E-state index in [-0.39, 0.29) is 12.4 Å². The Morgan fingerprint density at radius 1 is 1.26 bits per heavy atom. The lowest BCUT2D eigenvalue weighted by atomic mass is 10.0. The lowest BCUT2D eigenvalue weighted by molar-refractivity contribution is 0.185. The van der Waals surface area contributed by atoms with Crippen molar-refractivity contribution in [2.75, 3.05) is 19.6 Å². The predicted molar refractivity (Wildman–Crippen MR) is 79.5 cm³/mol. The van der Waals surface area contributed by atoms with Gasteiger partial charge in [-0.3, -0.25) is 4.90 Å². The summed E-state index contributed by atoms with van der Waals surface area (Å²) in [5, 5.41) is 3.73. The van der Waals surface area contributed by atoms with Gasteiger partial charge in [0.2, 0.25) is 0 Å². The summed E-state index contributed by atoms with van der Waals surface area (Å²) < 4.78 is 2.12.